The zero-order valence-corrected chi connectivity index (χ0v) is 9.31. The van der Waals surface area contributed by atoms with Gasteiger partial charge in [0.25, 0.3) is 11.7 Å². The number of aromatic amines is 1. The number of carbonyl (C=O) groups is 1. The molecule has 1 aliphatic heterocycles. The van der Waals surface area contributed by atoms with Crippen LogP contribution >= 0.6 is 0 Å². The van der Waals surface area contributed by atoms with Crippen molar-refractivity contribution in [3.05, 3.63) is 5.82 Å². The summed E-state index contributed by atoms with van der Waals surface area (Å²) in [6.45, 7) is 4.60. The fourth-order valence-corrected chi connectivity index (χ4v) is 1.98. The molecule has 1 unspecified atom stereocenters. The summed E-state index contributed by atoms with van der Waals surface area (Å²) >= 11 is 0. The van der Waals surface area contributed by atoms with Gasteiger partial charge in [-0.2, -0.15) is 5.21 Å². The molecule has 1 amide bonds. The van der Waals surface area contributed by atoms with Gasteiger partial charge in [0.05, 0.1) is 0 Å². The van der Waals surface area contributed by atoms with Crippen LogP contribution in [0.2, 0.25) is 0 Å². The fraction of sp³-hybridized carbons (Fsp3) is 0.778. The van der Waals surface area contributed by atoms with Gasteiger partial charge in [0.15, 0.2) is 0 Å². The molecule has 1 saturated heterocycles. The minimum Gasteiger partial charge on any atom is -0.332 e. The molecule has 16 heavy (non-hydrogen) atoms. The summed E-state index contributed by atoms with van der Waals surface area (Å²) in [6, 6.07) is 0.256. The Labute approximate surface area is 93.6 Å². The first-order chi connectivity index (χ1) is 7.83. The highest BCUT2D eigenvalue weighted by atomic mass is 16.2. The number of carbonyl (C=O) groups excluding carboxylic acids is 1. The molecule has 0 spiro atoms. The normalized spacial score (nSPS) is 19.9. The van der Waals surface area contributed by atoms with Crippen molar-refractivity contribution in [2.45, 2.75) is 25.8 Å². The van der Waals surface area contributed by atoms with Crippen molar-refractivity contribution in [3.8, 4) is 0 Å². The third kappa shape index (κ3) is 2.19. The maximum absolute atomic E-state index is 12.1. The van der Waals surface area contributed by atoms with Crippen molar-refractivity contribution in [1.29, 1.82) is 0 Å². The lowest BCUT2D eigenvalue weighted by molar-refractivity contribution is 0.0679. The first-order valence-electron chi connectivity index (χ1n) is 5.58. The van der Waals surface area contributed by atoms with Crippen molar-refractivity contribution in [2.24, 2.45) is 0 Å². The van der Waals surface area contributed by atoms with E-state index in [9.17, 15) is 4.79 Å². The summed E-state index contributed by atoms with van der Waals surface area (Å²) in [5, 5.41) is 16.4. The molecule has 0 aromatic carbocycles. The van der Waals surface area contributed by atoms with Crippen LogP contribution < -0.4 is 5.32 Å². The van der Waals surface area contributed by atoms with E-state index in [1.54, 1.807) is 0 Å². The highest BCUT2D eigenvalue weighted by Gasteiger charge is 2.28. The minimum atomic E-state index is -0.135. The zero-order chi connectivity index (χ0) is 11.4. The molecule has 1 aromatic rings. The van der Waals surface area contributed by atoms with E-state index in [0.717, 1.165) is 32.5 Å². The second-order valence-electron chi connectivity index (χ2n) is 3.88. The lowest BCUT2D eigenvalue weighted by Gasteiger charge is -2.26. The van der Waals surface area contributed by atoms with Crippen molar-refractivity contribution in [2.75, 3.05) is 19.6 Å². The van der Waals surface area contributed by atoms with Crippen molar-refractivity contribution in [3.63, 3.8) is 0 Å². The van der Waals surface area contributed by atoms with Crippen LogP contribution in [0, 0.1) is 0 Å². The number of H-pyrrole nitrogens is 1. The van der Waals surface area contributed by atoms with Gasteiger partial charge < -0.3 is 10.2 Å². The predicted octanol–water partition coefficient (Wildman–Crippen LogP) is -0.586. The third-order valence-electron chi connectivity index (χ3n) is 2.74. The van der Waals surface area contributed by atoms with E-state index in [1.807, 2.05) is 4.90 Å². The maximum atomic E-state index is 12.1. The number of hydrogen-bond donors (Lipinski definition) is 2. The SMILES string of the molecule is CCCN(C(=O)c1nn[nH]n1)C1CCNC1. The number of rotatable bonds is 4. The van der Waals surface area contributed by atoms with Gasteiger partial charge in [-0.25, -0.2) is 0 Å². The Morgan fingerprint density at radius 1 is 1.62 bits per heavy atom. The summed E-state index contributed by atoms with van der Waals surface area (Å²) in [6.07, 6.45) is 1.92. The van der Waals surface area contributed by atoms with Crippen LogP contribution in [0.3, 0.4) is 0 Å². The van der Waals surface area contributed by atoms with E-state index in [1.165, 1.54) is 0 Å². The summed E-state index contributed by atoms with van der Waals surface area (Å²) in [5.74, 6) is 0.0182. The van der Waals surface area contributed by atoms with Crippen LogP contribution in [0.5, 0.6) is 0 Å². The molecule has 0 radical (unpaired) electrons. The van der Waals surface area contributed by atoms with Crippen LogP contribution in [-0.2, 0) is 0 Å². The first kappa shape index (κ1) is 11.0. The lowest BCUT2D eigenvalue weighted by atomic mass is 10.2. The molecule has 2 N–H and O–H groups in total. The van der Waals surface area contributed by atoms with Gasteiger partial charge in [0.1, 0.15) is 0 Å². The highest BCUT2D eigenvalue weighted by molar-refractivity contribution is 5.90. The molecular formula is C9H16N6O. The van der Waals surface area contributed by atoms with Crippen molar-refractivity contribution >= 4 is 5.91 Å². The van der Waals surface area contributed by atoms with E-state index < -0.39 is 0 Å². The second kappa shape index (κ2) is 5.02. The van der Waals surface area contributed by atoms with Crippen LogP contribution in [0.4, 0.5) is 0 Å². The number of nitrogens with one attached hydrogen (secondary N) is 2. The number of hydrogen-bond acceptors (Lipinski definition) is 5. The standard InChI is InChI=1S/C9H16N6O/c1-2-5-15(7-3-4-10-6-7)9(16)8-11-13-14-12-8/h7,10H,2-6H2,1H3,(H,11,12,13,14). The molecule has 1 aromatic heterocycles. The molecule has 2 heterocycles. The molecular weight excluding hydrogens is 208 g/mol. The topological polar surface area (TPSA) is 86.8 Å². The highest BCUT2D eigenvalue weighted by Crippen LogP contribution is 2.11. The quantitative estimate of drug-likeness (QED) is 0.714. The van der Waals surface area contributed by atoms with Crippen molar-refractivity contribution < 1.29 is 4.79 Å². The Balaban J connectivity index is 2.09. The van der Waals surface area contributed by atoms with E-state index >= 15 is 0 Å². The summed E-state index contributed by atoms with van der Waals surface area (Å²) in [5.41, 5.74) is 0. The maximum Gasteiger partial charge on any atom is 0.295 e. The molecule has 0 aliphatic carbocycles. The minimum absolute atomic E-state index is 0.135. The van der Waals surface area contributed by atoms with E-state index in [2.05, 4.69) is 32.9 Å². The number of tetrazole rings is 1. The number of amides is 1. The van der Waals surface area contributed by atoms with Gasteiger partial charge in [0, 0.05) is 19.1 Å². The Bertz CT molecular complexity index is 332. The van der Waals surface area contributed by atoms with E-state index in [-0.39, 0.29) is 17.8 Å². The fourth-order valence-electron chi connectivity index (χ4n) is 1.98. The number of aromatic nitrogens is 4. The molecule has 88 valence electrons. The molecule has 7 nitrogen and oxygen atoms in total. The predicted molar refractivity (Wildman–Crippen MR) is 56.8 cm³/mol. The Morgan fingerprint density at radius 2 is 2.50 bits per heavy atom. The molecule has 1 fully saturated rings. The van der Waals surface area contributed by atoms with Gasteiger partial charge in [-0.3, -0.25) is 4.79 Å². The van der Waals surface area contributed by atoms with Crippen LogP contribution in [0.25, 0.3) is 0 Å². The monoisotopic (exact) mass is 224 g/mol. The zero-order valence-electron chi connectivity index (χ0n) is 9.31. The van der Waals surface area contributed by atoms with E-state index in [4.69, 9.17) is 0 Å². The summed E-state index contributed by atoms with van der Waals surface area (Å²) < 4.78 is 0. The van der Waals surface area contributed by atoms with Gasteiger partial charge in [0.2, 0.25) is 0 Å². The average molecular weight is 224 g/mol. The molecule has 0 saturated carbocycles. The van der Waals surface area contributed by atoms with Gasteiger partial charge >= 0.3 is 0 Å². The molecule has 1 aliphatic rings. The number of nitrogens with zero attached hydrogens (tertiary/aromatic N) is 4. The summed E-state index contributed by atoms with van der Waals surface area (Å²) in [4.78, 5) is 13.9. The molecule has 1 atom stereocenters. The smallest absolute Gasteiger partial charge is 0.295 e. The molecule has 0 bridgehead atoms. The van der Waals surface area contributed by atoms with Crippen LogP contribution in [0.15, 0.2) is 0 Å². The summed E-state index contributed by atoms with van der Waals surface area (Å²) in [7, 11) is 0. The third-order valence-corrected chi connectivity index (χ3v) is 2.74. The Kier molecular flexibility index (Phi) is 3.45. The molecule has 7 heteroatoms. The molecule has 2 rings (SSSR count). The Morgan fingerprint density at radius 3 is 3.06 bits per heavy atom. The van der Waals surface area contributed by atoms with Crippen LogP contribution in [-0.4, -0.2) is 57.1 Å². The van der Waals surface area contributed by atoms with Crippen molar-refractivity contribution in [1.82, 2.24) is 30.8 Å². The second-order valence-corrected chi connectivity index (χ2v) is 3.88. The first-order valence-corrected chi connectivity index (χ1v) is 5.58. The largest absolute Gasteiger partial charge is 0.332 e. The van der Waals surface area contributed by atoms with Gasteiger partial charge in [-0.05, 0) is 24.6 Å². The van der Waals surface area contributed by atoms with Gasteiger partial charge in [-0.15, -0.1) is 10.2 Å². The average Bonchev–Trinajstić information content (AvgIpc) is 2.96. The van der Waals surface area contributed by atoms with E-state index in [0.29, 0.717) is 0 Å². The van der Waals surface area contributed by atoms with Gasteiger partial charge in [-0.1, -0.05) is 6.92 Å². The lowest BCUT2D eigenvalue weighted by Crippen LogP contribution is -2.42. The van der Waals surface area contributed by atoms with Crippen LogP contribution in [0.1, 0.15) is 30.4 Å². The Hall–Kier alpha value is -1.50.